The summed E-state index contributed by atoms with van der Waals surface area (Å²) in [7, 11) is 0. The van der Waals surface area contributed by atoms with E-state index in [0.717, 1.165) is 21.1 Å². The SMILES string of the molecule is N=C(c1csc(CNC(=O)[C@@H]2C[C@@H](C(F)(F)F)CN2C(=O)CNC(=O)CCCOc2ccccc2)c1)N(Cc1ccccc1)C(=O)O. The number of amidine groups is 1. The Hall–Kier alpha value is -4.92. The number of amides is 4. The van der Waals surface area contributed by atoms with Crippen molar-refractivity contribution in [2.45, 2.75) is 44.6 Å². The number of carbonyl (C=O) groups is 4. The Bertz CT molecular complexity index is 1550. The molecule has 1 aromatic heterocycles. The Morgan fingerprint density at radius 3 is 2.38 bits per heavy atom. The highest BCUT2D eigenvalue weighted by Crippen LogP contribution is 2.36. The molecule has 1 saturated heterocycles. The van der Waals surface area contributed by atoms with Gasteiger partial charge in [0.15, 0.2) is 0 Å². The second-order valence-electron chi connectivity index (χ2n) is 10.8. The molecule has 2 heterocycles. The van der Waals surface area contributed by atoms with E-state index in [-0.39, 0.29) is 37.5 Å². The van der Waals surface area contributed by atoms with Crippen LogP contribution in [0.15, 0.2) is 72.1 Å². The molecule has 15 heteroatoms. The van der Waals surface area contributed by atoms with E-state index >= 15 is 0 Å². The maximum atomic E-state index is 13.6. The Morgan fingerprint density at radius 2 is 1.72 bits per heavy atom. The van der Waals surface area contributed by atoms with Gasteiger partial charge in [0.25, 0.3) is 0 Å². The van der Waals surface area contributed by atoms with Crippen LogP contribution in [0, 0.1) is 11.3 Å². The smallest absolute Gasteiger partial charge is 0.413 e. The molecule has 11 nitrogen and oxygen atoms in total. The number of rotatable bonds is 13. The van der Waals surface area contributed by atoms with Crippen LogP contribution in [0.1, 0.15) is 35.3 Å². The lowest BCUT2D eigenvalue weighted by Gasteiger charge is -2.24. The van der Waals surface area contributed by atoms with Crippen LogP contribution in [0.5, 0.6) is 5.75 Å². The third kappa shape index (κ3) is 10.0. The molecule has 2 atom stereocenters. The van der Waals surface area contributed by atoms with E-state index in [1.165, 1.54) is 6.07 Å². The first-order valence-electron chi connectivity index (χ1n) is 14.7. The Labute approximate surface area is 272 Å². The molecule has 4 N–H and O–H groups in total. The lowest BCUT2D eigenvalue weighted by atomic mass is 10.0. The molecule has 0 saturated carbocycles. The van der Waals surface area contributed by atoms with Crippen molar-refractivity contribution in [1.29, 1.82) is 5.41 Å². The monoisotopic (exact) mass is 673 g/mol. The molecule has 0 unspecified atom stereocenters. The highest BCUT2D eigenvalue weighted by Gasteiger charge is 2.50. The van der Waals surface area contributed by atoms with E-state index in [2.05, 4.69) is 10.6 Å². The average molecular weight is 674 g/mol. The molecular weight excluding hydrogens is 639 g/mol. The van der Waals surface area contributed by atoms with Crippen molar-refractivity contribution >= 4 is 41.0 Å². The van der Waals surface area contributed by atoms with Crippen LogP contribution < -0.4 is 15.4 Å². The zero-order chi connectivity index (χ0) is 34.0. The van der Waals surface area contributed by atoms with Crippen molar-refractivity contribution in [3.05, 3.63) is 88.1 Å². The third-order valence-corrected chi connectivity index (χ3v) is 8.37. The number of carbonyl (C=O) groups excluding carboxylic acids is 3. The summed E-state index contributed by atoms with van der Waals surface area (Å²) >= 11 is 1.14. The molecule has 0 bridgehead atoms. The number of hydrogen-bond donors (Lipinski definition) is 4. The zero-order valence-corrected chi connectivity index (χ0v) is 26.0. The standard InChI is InChI=1S/C32H34F3N5O6S/c33-32(34,35)23-15-26(39(19-23)28(42)17-37-27(41)12-7-13-46-24-10-5-2-6-11-24)30(43)38-16-25-14-22(20-47-25)29(36)40(31(44)45)18-21-8-3-1-4-9-21/h1-6,8-11,14,20,23,26,36H,7,12-13,15-19H2,(H,37,41)(H,38,43)(H,44,45)/t23-,26+/m1/s1. The number of alkyl halides is 3. The number of para-hydroxylation sites is 1. The van der Waals surface area contributed by atoms with E-state index in [1.54, 1.807) is 60.0 Å². The minimum absolute atomic E-state index is 0.0337. The number of ether oxygens (including phenoxy) is 1. The van der Waals surface area contributed by atoms with Gasteiger partial charge < -0.3 is 25.4 Å². The largest absolute Gasteiger partial charge is 0.494 e. The van der Waals surface area contributed by atoms with Crippen molar-refractivity contribution in [2.24, 2.45) is 5.92 Å². The van der Waals surface area contributed by atoms with Crippen LogP contribution in [0.25, 0.3) is 0 Å². The molecule has 0 radical (unpaired) electrons. The summed E-state index contributed by atoms with van der Waals surface area (Å²) in [4.78, 5) is 52.3. The van der Waals surface area contributed by atoms with E-state index in [1.807, 2.05) is 6.07 Å². The fourth-order valence-corrected chi connectivity index (χ4v) is 5.76. The average Bonchev–Trinajstić information content (AvgIpc) is 3.72. The first-order valence-corrected chi connectivity index (χ1v) is 15.6. The Morgan fingerprint density at radius 1 is 1.04 bits per heavy atom. The number of hydrogen-bond acceptors (Lipinski definition) is 7. The van der Waals surface area contributed by atoms with Crippen molar-refractivity contribution < 1.29 is 42.2 Å². The molecular formula is C32H34F3N5O6S. The van der Waals surface area contributed by atoms with Gasteiger partial charge in [-0.05, 0) is 36.6 Å². The van der Waals surface area contributed by atoms with Gasteiger partial charge in [-0.2, -0.15) is 13.2 Å². The first kappa shape index (κ1) is 34.9. The normalized spacial score (nSPS) is 15.9. The third-order valence-electron chi connectivity index (χ3n) is 7.43. The second kappa shape index (κ2) is 16.1. The highest BCUT2D eigenvalue weighted by molar-refractivity contribution is 7.10. The number of carboxylic acid groups (broad SMARTS) is 1. The topological polar surface area (TPSA) is 152 Å². The van der Waals surface area contributed by atoms with Gasteiger partial charge in [0.2, 0.25) is 17.7 Å². The van der Waals surface area contributed by atoms with Crippen molar-refractivity contribution in [3.63, 3.8) is 0 Å². The number of halogens is 3. The van der Waals surface area contributed by atoms with Gasteiger partial charge >= 0.3 is 12.3 Å². The van der Waals surface area contributed by atoms with Gasteiger partial charge in [-0.1, -0.05) is 48.5 Å². The van der Waals surface area contributed by atoms with Crippen LogP contribution in [0.3, 0.4) is 0 Å². The molecule has 1 aliphatic heterocycles. The van der Waals surface area contributed by atoms with Crippen LogP contribution >= 0.6 is 11.3 Å². The van der Waals surface area contributed by atoms with E-state index in [9.17, 15) is 37.5 Å². The maximum Gasteiger partial charge on any atom is 0.413 e. The lowest BCUT2D eigenvalue weighted by Crippen LogP contribution is -2.48. The molecule has 2 aromatic carbocycles. The molecule has 3 aromatic rings. The Balaban J connectivity index is 1.30. The maximum absolute atomic E-state index is 13.6. The van der Waals surface area contributed by atoms with Crippen molar-refractivity contribution in [3.8, 4) is 5.75 Å². The fraction of sp³-hybridized carbons (Fsp3) is 0.344. The predicted molar refractivity (Wildman–Crippen MR) is 167 cm³/mol. The van der Waals surface area contributed by atoms with Crippen LogP contribution in [0.2, 0.25) is 0 Å². The summed E-state index contributed by atoms with van der Waals surface area (Å²) < 4.78 is 46.4. The summed E-state index contributed by atoms with van der Waals surface area (Å²) in [6.07, 6.45) is -6.19. The summed E-state index contributed by atoms with van der Waals surface area (Å²) in [5, 5.41) is 24.6. The summed E-state index contributed by atoms with van der Waals surface area (Å²) in [6.45, 7) is -1.18. The van der Waals surface area contributed by atoms with Gasteiger partial charge in [0.05, 0.1) is 32.2 Å². The molecule has 0 spiro atoms. The van der Waals surface area contributed by atoms with Gasteiger partial charge in [-0.25, -0.2) is 4.79 Å². The summed E-state index contributed by atoms with van der Waals surface area (Å²) in [5.41, 5.74) is 0.970. The number of nitrogens with zero attached hydrogens (tertiary/aromatic N) is 2. The van der Waals surface area contributed by atoms with E-state index < -0.39 is 61.5 Å². The minimum Gasteiger partial charge on any atom is -0.494 e. The van der Waals surface area contributed by atoms with E-state index in [0.29, 0.717) is 22.6 Å². The molecule has 250 valence electrons. The van der Waals surface area contributed by atoms with Crippen LogP contribution in [-0.2, 0) is 27.5 Å². The second-order valence-corrected chi connectivity index (χ2v) is 11.8. The molecule has 1 aliphatic rings. The minimum atomic E-state index is -4.63. The number of thiophene rings is 1. The molecule has 4 rings (SSSR count). The van der Waals surface area contributed by atoms with Crippen LogP contribution in [-0.4, -0.2) is 76.5 Å². The molecule has 47 heavy (non-hydrogen) atoms. The van der Waals surface area contributed by atoms with Crippen LogP contribution in [0.4, 0.5) is 18.0 Å². The predicted octanol–water partition coefficient (Wildman–Crippen LogP) is 4.62. The molecule has 1 fully saturated rings. The number of benzene rings is 2. The quantitative estimate of drug-likeness (QED) is 0.118. The Kier molecular flexibility index (Phi) is 11.9. The lowest BCUT2D eigenvalue weighted by molar-refractivity contribution is -0.171. The number of nitrogens with one attached hydrogen (secondary N) is 3. The summed E-state index contributed by atoms with van der Waals surface area (Å²) in [5.74, 6) is -3.63. The first-order chi connectivity index (χ1) is 22.4. The zero-order valence-electron chi connectivity index (χ0n) is 25.2. The van der Waals surface area contributed by atoms with Gasteiger partial charge in [-0.15, -0.1) is 11.3 Å². The van der Waals surface area contributed by atoms with Gasteiger partial charge in [0.1, 0.15) is 17.6 Å². The molecule has 0 aliphatic carbocycles. The van der Waals surface area contributed by atoms with Crippen molar-refractivity contribution in [1.82, 2.24) is 20.4 Å². The summed E-state index contributed by atoms with van der Waals surface area (Å²) in [6, 6.07) is 17.8. The highest BCUT2D eigenvalue weighted by atomic mass is 32.1. The molecule has 4 amide bonds. The van der Waals surface area contributed by atoms with Gasteiger partial charge in [-0.3, -0.25) is 24.7 Å². The van der Waals surface area contributed by atoms with Crippen molar-refractivity contribution in [2.75, 3.05) is 19.7 Å². The van der Waals surface area contributed by atoms with Gasteiger partial charge in [0, 0.05) is 28.8 Å². The van der Waals surface area contributed by atoms with E-state index in [4.69, 9.17) is 10.1 Å². The fourth-order valence-electron chi connectivity index (χ4n) is 4.95. The number of likely N-dealkylation sites (tertiary alicyclic amines) is 1.